The Labute approximate surface area is 146 Å². The van der Waals surface area contributed by atoms with Crippen molar-refractivity contribution in [3.63, 3.8) is 0 Å². The van der Waals surface area contributed by atoms with Gasteiger partial charge in [0.2, 0.25) is 18.0 Å². The van der Waals surface area contributed by atoms with Crippen LogP contribution in [0.5, 0.6) is 11.5 Å². The Kier molecular flexibility index (Phi) is 4.88. The van der Waals surface area contributed by atoms with E-state index in [-0.39, 0.29) is 12.5 Å². The van der Waals surface area contributed by atoms with E-state index in [1.54, 1.807) is 7.11 Å². The van der Waals surface area contributed by atoms with Crippen LogP contribution in [0.4, 0.5) is 0 Å². The Balaban J connectivity index is 1.73. The Morgan fingerprint density at radius 2 is 1.92 bits per heavy atom. The molecule has 0 aromatic heterocycles. The number of benzene rings is 2. The molecule has 1 aliphatic heterocycles. The zero-order valence-corrected chi connectivity index (χ0v) is 14.4. The van der Waals surface area contributed by atoms with Gasteiger partial charge in [0.05, 0.1) is 7.11 Å². The first kappa shape index (κ1) is 16.8. The van der Waals surface area contributed by atoms with Crippen LogP contribution in [0.25, 0.3) is 0 Å². The number of amides is 1. The molecule has 130 valence electrons. The minimum absolute atomic E-state index is 0.154. The SMILES string of the molecule is COc1ccc(C2OC(COc3ccccc3C)=NN2C(C)=O)cc1. The summed E-state index contributed by atoms with van der Waals surface area (Å²) >= 11 is 0. The molecule has 25 heavy (non-hydrogen) atoms. The van der Waals surface area contributed by atoms with Gasteiger partial charge >= 0.3 is 0 Å². The highest BCUT2D eigenvalue weighted by Crippen LogP contribution is 2.29. The first-order valence-electron chi connectivity index (χ1n) is 7.95. The number of methoxy groups -OCH3 is 1. The lowest BCUT2D eigenvalue weighted by molar-refractivity contribution is -0.135. The summed E-state index contributed by atoms with van der Waals surface area (Å²) in [5.74, 6) is 1.65. The molecule has 2 aromatic rings. The quantitative estimate of drug-likeness (QED) is 0.838. The predicted molar refractivity (Wildman–Crippen MR) is 93.4 cm³/mol. The molecule has 0 bridgehead atoms. The van der Waals surface area contributed by atoms with Crippen LogP contribution in [-0.4, -0.2) is 30.5 Å². The number of ether oxygens (including phenoxy) is 3. The summed E-state index contributed by atoms with van der Waals surface area (Å²) < 4.78 is 16.8. The third-order valence-corrected chi connectivity index (χ3v) is 3.86. The molecule has 1 atom stereocenters. The summed E-state index contributed by atoms with van der Waals surface area (Å²) in [5, 5.41) is 5.57. The molecule has 3 rings (SSSR count). The second kappa shape index (κ2) is 7.25. The molecule has 0 spiro atoms. The van der Waals surface area contributed by atoms with Crippen LogP contribution in [0.1, 0.15) is 24.3 Å². The Morgan fingerprint density at radius 3 is 2.56 bits per heavy atom. The second-order valence-corrected chi connectivity index (χ2v) is 5.65. The standard InChI is InChI=1S/C19H20N2O4/c1-13-6-4-5-7-17(13)24-12-18-20-21(14(2)22)19(25-18)15-8-10-16(23-3)11-9-15/h4-11,19H,12H2,1-3H3. The van der Waals surface area contributed by atoms with Crippen LogP contribution in [0, 0.1) is 6.92 Å². The molecule has 1 amide bonds. The van der Waals surface area contributed by atoms with Crippen LogP contribution >= 0.6 is 0 Å². The third kappa shape index (κ3) is 3.74. The number of rotatable bonds is 5. The van der Waals surface area contributed by atoms with Crippen LogP contribution in [-0.2, 0) is 9.53 Å². The maximum absolute atomic E-state index is 11.9. The largest absolute Gasteiger partial charge is 0.497 e. The number of aryl methyl sites for hydroxylation is 1. The molecule has 0 N–H and O–H groups in total. The van der Waals surface area contributed by atoms with Gasteiger partial charge in [-0.1, -0.05) is 18.2 Å². The second-order valence-electron chi connectivity index (χ2n) is 5.65. The minimum Gasteiger partial charge on any atom is -0.497 e. The summed E-state index contributed by atoms with van der Waals surface area (Å²) in [4.78, 5) is 11.9. The molecule has 0 aliphatic carbocycles. The van der Waals surface area contributed by atoms with Crippen molar-refractivity contribution in [1.82, 2.24) is 5.01 Å². The highest BCUT2D eigenvalue weighted by molar-refractivity contribution is 5.83. The topological polar surface area (TPSA) is 60.4 Å². The molecule has 6 nitrogen and oxygen atoms in total. The van der Waals surface area contributed by atoms with Crippen molar-refractivity contribution in [1.29, 1.82) is 0 Å². The van der Waals surface area contributed by atoms with E-state index in [0.29, 0.717) is 5.90 Å². The maximum Gasteiger partial charge on any atom is 0.247 e. The van der Waals surface area contributed by atoms with Gasteiger partial charge < -0.3 is 14.2 Å². The van der Waals surface area contributed by atoms with Crippen LogP contribution in [0.2, 0.25) is 0 Å². The van der Waals surface area contributed by atoms with Crippen molar-refractivity contribution in [2.75, 3.05) is 13.7 Å². The molecular formula is C19H20N2O4. The van der Waals surface area contributed by atoms with Gasteiger partial charge in [-0.3, -0.25) is 4.79 Å². The van der Waals surface area contributed by atoms with Crippen LogP contribution in [0.15, 0.2) is 53.6 Å². The lowest BCUT2D eigenvalue weighted by Gasteiger charge is -2.19. The van der Waals surface area contributed by atoms with E-state index in [0.717, 1.165) is 22.6 Å². The summed E-state index contributed by atoms with van der Waals surface area (Å²) in [7, 11) is 1.60. The number of hydrogen-bond acceptors (Lipinski definition) is 5. The first-order valence-corrected chi connectivity index (χ1v) is 7.95. The molecule has 2 aromatic carbocycles. The highest BCUT2D eigenvalue weighted by Gasteiger charge is 2.32. The van der Waals surface area contributed by atoms with Gasteiger partial charge in [0.15, 0.2) is 6.61 Å². The van der Waals surface area contributed by atoms with E-state index >= 15 is 0 Å². The summed E-state index contributed by atoms with van der Waals surface area (Å²) in [5.41, 5.74) is 1.84. The average Bonchev–Trinajstić information content (AvgIpc) is 3.06. The lowest BCUT2D eigenvalue weighted by Crippen LogP contribution is -2.25. The Morgan fingerprint density at radius 1 is 1.20 bits per heavy atom. The summed E-state index contributed by atoms with van der Waals surface area (Å²) in [6.45, 7) is 3.57. The molecule has 0 fully saturated rings. The highest BCUT2D eigenvalue weighted by atomic mass is 16.6. The van der Waals surface area contributed by atoms with E-state index < -0.39 is 6.23 Å². The number of para-hydroxylation sites is 1. The van der Waals surface area contributed by atoms with E-state index in [1.807, 2.05) is 55.5 Å². The molecule has 1 aliphatic rings. The summed E-state index contributed by atoms with van der Waals surface area (Å²) in [6.07, 6.45) is -0.598. The third-order valence-electron chi connectivity index (χ3n) is 3.86. The van der Waals surface area contributed by atoms with Gasteiger partial charge in [0.1, 0.15) is 11.5 Å². The number of carbonyl (C=O) groups excluding carboxylic acids is 1. The van der Waals surface area contributed by atoms with E-state index in [4.69, 9.17) is 14.2 Å². The Bertz CT molecular complexity index is 786. The lowest BCUT2D eigenvalue weighted by atomic mass is 10.2. The van der Waals surface area contributed by atoms with Crippen molar-refractivity contribution in [2.24, 2.45) is 5.10 Å². The Hall–Kier alpha value is -3.02. The monoisotopic (exact) mass is 340 g/mol. The molecular weight excluding hydrogens is 320 g/mol. The van der Waals surface area contributed by atoms with Gasteiger partial charge in [0, 0.05) is 12.5 Å². The average molecular weight is 340 g/mol. The number of hydrazone groups is 1. The van der Waals surface area contributed by atoms with Crippen molar-refractivity contribution >= 4 is 11.8 Å². The molecule has 6 heteroatoms. The zero-order chi connectivity index (χ0) is 17.8. The maximum atomic E-state index is 11.9. The van der Waals surface area contributed by atoms with Gasteiger partial charge in [-0.15, -0.1) is 5.10 Å². The van der Waals surface area contributed by atoms with Crippen molar-refractivity contribution in [3.8, 4) is 11.5 Å². The fourth-order valence-corrected chi connectivity index (χ4v) is 2.51. The fourth-order valence-electron chi connectivity index (χ4n) is 2.51. The number of carbonyl (C=O) groups is 1. The molecule has 1 unspecified atom stereocenters. The van der Waals surface area contributed by atoms with Crippen LogP contribution < -0.4 is 9.47 Å². The number of nitrogens with zero attached hydrogens (tertiary/aromatic N) is 2. The zero-order valence-electron chi connectivity index (χ0n) is 14.4. The van der Waals surface area contributed by atoms with Crippen LogP contribution in [0.3, 0.4) is 0 Å². The normalized spacial score (nSPS) is 16.2. The van der Waals surface area contributed by atoms with E-state index in [1.165, 1.54) is 11.9 Å². The van der Waals surface area contributed by atoms with Crippen molar-refractivity contribution in [2.45, 2.75) is 20.1 Å². The smallest absolute Gasteiger partial charge is 0.247 e. The predicted octanol–water partition coefficient (Wildman–Crippen LogP) is 3.27. The number of hydrogen-bond donors (Lipinski definition) is 0. The van der Waals surface area contributed by atoms with Gasteiger partial charge in [-0.25, -0.2) is 0 Å². The van der Waals surface area contributed by atoms with Gasteiger partial charge in [0.25, 0.3) is 0 Å². The van der Waals surface area contributed by atoms with E-state index in [9.17, 15) is 4.79 Å². The van der Waals surface area contributed by atoms with Gasteiger partial charge in [-0.05, 0) is 42.8 Å². The first-order chi connectivity index (χ1) is 12.1. The molecule has 0 radical (unpaired) electrons. The fraction of sp³-hybridized carbons (Fsp3) is 0.263. The van der Waals surface area contributed by atoms with Gasteiger partial charge in [-0.2, -0.15) is 5.01 Å². The minimum atomic E-state index is -0.598. The molecule has 0 saturated carbocycles. The summed E-state index contributed by atoms with van der Waals surface area (Å²) in [6, 6.07) is 15.0. The van der Waals surface area contributed by atoms with Crippen molar-refractivity contribution in [3.05, 3.63) is 59.7 Å². The molecule has 1 heterocycles. The molecule has 0 saturated heterocycles. The van der Waals surface area contributed by atoms with Crippen molar-refractivity contribution < 1.29 is 19.0 Å². The van der Waals surface area contributed by atoms with E-state index in [2.05, 4.69) is 5.10 Å².